The Balaban J connectivity index is 1.41. The molecule has 1 fully saturated rings. The van der Waals surface area contributed by atoms with Crippen molar-refractivity contribution in [3.63, 3.8) is 0 Å². The van der Waals surface area contributed by atoms with E-state index in [1.807, 2.05) is 0 Å². The summed E-state index contributed by atoms with van der Waals surface area (Å²) in [6.07, 6.45) is -1.79. The lowest BCUT2D eigenvalue weighted by Crippen LogP contribution is -2.38. The molecule has 1 saturated heterocycles. The Labute approximate surface area is 158 Å². The molecule has 0 aliphatic carbocycles. The Bertz CT molecular complexity index is 958. The molecule has 2 aromatic heterocycles. The summed E-state index contributed by atoms with van der Waals surface area (Å²) in [7, 11) is 0. The lowest BCUT2D eigenvalue weighted by Gasteiger charge is -2.30. The van der Waals surface area contributed by atoms with Crippen molar-refractivity contribution in [3.8, 4) is 11.7 Å². The van der Waals surface area contributed by atoms with Crippen molar-refractivity contribution in [2.45, 2.75) is 24.9 Å². The molecule has 0 atom stereocenters. The van der Waals surface area contributed by atoms with Crippen LogP contribution in [0.15, 0.2) is 51.5 Å². The van der Waals surface area contributed by atoms with Gasteiger partial charge in [0.1, 0.15) is 0 Å². The molecule has 146 valence electrons. The zero-order valence-corrected chi connectivity index (χ0v) is 14.6. The van der Waals surface area contributed by atoms with Crippen molar-refractivity contribution in [2.24, 2.45) is 0 Å². The highest BCUT2D eigenvalue weighted by atomic mass is 19.4. The number of alkyl halides is 3. The van der Waals surface area contributed by atoms with Gasteiger partial charge in [-0.1, -0.05) is 6.07 Å². The van der Waals surface area contributed by atoms with Gasteiger partial charge in [-0.05, 0) is 43.2 Å². The first-order valence-corrected chi connectivity index (χ1v) is 8.75. The minimum Gasteiger partial charge on any atom is -0.459 e. The zero-order chi connectivity index (χ0) is 19.7. The number of likely N-dealkylation sites (tertiary alicyclic amines) is 1. The van der Waals surface area contributed by atoms with Crippen LogP contribution in [0.4, 0.5) is 13.2 Å². The highest BCUT2D eigenvalue weighted by molar-refractivity contribution is 5.94. The standard InChI is InChI=1S/C19H16F3N3O3/c20-19(21,22)14-4-1-3-13(11-14)18(26)25-8-6-12(7-9-25)16-23-24-17(28-16)15-5-2-10-27-15/h1-5,10-12H,6-9H2. The predicted molar refractivity (Wildman–Crippen MR) is 91.3 cm³/mol. The lowest BCUT2D eigenvalue weighted by molar-refractivity contribution is -0.137. The number of halogens is 3. The maximum Gasteiger partial charge on any atom is 0.416 e. The average molecular weight is 391 g/mol. The summed E-state index contributed by atoms with van der Waals surface area (Å²) in [6, 6.07) is 7.93. The fourth-order valence-electron chi connectivity index (χ4n) is 3.24. The Morgan fingerprint density at radius 2 is 1.89 bits per heavy atom. The van der Waals surface area contributed by atoms with E-state index in [1.165, 1.54) is 18.4 Å². The smallest absolute Gasteiger partial charge is 0.416 e. The second-order valence-corrected chi connectivity index (χ2v) is 6.57. The number of hydrogen-bond acceptors (Lipinski definition) is 5. The number of nitrogens with zero attached hydrogens (tertiary/aromatic N) is 3. The SMILES string of the molecule is O=C(c1cccc(C(F)(F)F)c1)N1CCC(c2nnc(-c3ccco3)o2)CC1. The third kappa shape index (κ3) is 3.64. The van der Waals surface area contributed by atoms with Crippen molar-refractivity contribution < 1.29 is 26.8 Å². The van der Waals surface area contributed by atoms with Crippen molar-refractivity contribution in [1.82, 2.24) is 15.1 Å². The molecule has 6 nitrogen and oxygen atoms in total. The molecule has 0 N–H and O–H groups in total. The fourth-order valence-corrected chi connectivity index (χ4v) is 3.24. The number of carbonyl (C=O) groups excluding carboxylic acids is 1. The molecule has 3 aromatic rings. The predicted octanol–water partition coefficient (Wildman–Crippen LogP) is 4.37. The molecule has 0 unspecified atom stereocenters. The van der Waals surface area contributed by atoms with E-state index in [1.54, 1.807) is 17.0 Å². The number of benzene rings is 1. The molecule has 0 bridgehead atoms. The summed E-state index contributed by atoms with van der Waals surface area (Å²) in [5.41, 5.74) is -0.796. The molecule has 0 spiro atoms. The van der Waals surface area contributed by atoms with Gasteiger partial charge in [-0.25, -0.2) is 0 Å². The van der Waals surface area contributed by atoms with Gasteiger partial charge in [-0.3, -0.25) is 4.79 Å². The average Bonchev–Trinajstić information content (AvgIpc) is 3.39. The van der Waals surface area contributed by atoms with Crippen LogP contribution >= 0.6 is 0 Å². The van der Waals surface area contributed by atoms with Crippen LogP contribution in [0.2, 0.25) is 0 Å². The van der Waals surface area contributed by atoms with Gasteiger partial charge < -0.3 is 13.7 Å². The number of hydrogen-bond donors (Lipinski definition) is 0. The van der Waals surface area contributed by atoms with Gasteiger partial charge in [0.25, 0.3) is 11.8 Å². The second kappa shape index (κ2) is 7.14. The highest BCUT2D eigenvalue weighted by Crippen LogP contribution is 2.32. The van der Waals surface area contributed by atoms with Crippen molar-refractivity contribution >= 4 is 5.91 Å². The van der Waals surface area contributed by atoms with Crippen LogP contribution in [-0.4, -0.2) is 34.1 Å². The maximum atomic E-state index is 12.9. The molecule has 1 aliphatic heterocycles. The molecule has 1 amide bonds. The lowest BCUT2D eigenvalue weighted by atomic mass is 9.96. The Morgan fingerprint density at radius 1 is 1.11 bits per heavy atom. The third-order valence-corrected chi connectivity index (χ3v) is 4.74. The van der Waals surface area contributed by atoms with E-state index in [-0.39, 0.29) is 11.5 Å². The van der Waals surface area contributed by atoms with Gasteiger partial charge in [-0.2, -0.15) is 13.2 Å². The van der Waals surface area contributed by atoms with Crippen molar-refractivity contribution in [1.29, 1.82) is 0 Å². The van der Waals surface area contributed by atoms with Gasteiger partial charge in [0.05, 0.1) is 11.8 Å². The number of amides is 1. The summed E-state index contributed by atoms with van der Waals surface area (Å²) >= 11 is 0. The largest absolute Gasteiger partial charge is 0.459 e. The van der Waals surface area contributed by atoms with Gasteiger partial charge in [0.15, 0.2) is 5.76 Å². The summed E-state index contributed by atoms with van der Waals surface area (Å²) in [6.45, 7) is 0.802. The van der Waals surface area contributed by atoms with Crippen LogP contribution in [-0.2, 0) is 6.18 Å². The third-order valence-electron chi connectivity index (χ3n) is 4.74. The Hall–Kier alpha value is -3.10. The summed E-state index contributed by atoms with van der Waals surface area (Å²) in [4.78, 5) is 14.1. The first-order chi connectivity index (χ1) is 13.4. The van der Waals surface area contributed by atoms with Crippen LogP contribution in [0.5, 0.6) is 0 Å². The topological polar surface area (TPSA) is 72.4 Å². The van der Waals surface area contributed by atoms with E-state index in [9.17, 15) is 18.0 Å². The van der Waals surface area contributed by atoms with Crippen LogP contribution in [0.3, 0.4) is 0 Å². The first kappa shape index (κ1) is 18.3. The second-order valence-electron chi connectivity index (χ2n) is 6.57. The van der Waals surface area contributed by atoms with E-state index >= 15 is 0 Å². The molecule has 3 heterocycles. The normalized spacial score (nSPS) is 15.8. The molecule has 4 rings (SSSR count). The monoisotopic (exact) mass is 391 g/mol. The molecule has 0 saturated carbocycles. The number of rotatable bonds is 3. The van der Waals surface area contributed by atoms with Gasteiger partial charge in [0.2, 0.25) is 5.89 Å². The molecule has 9 heteroatoms. The first-order valence-electron chi connectivity index (χ1n) is 8.75. The van der Waals surface area contributed by atoms with E-state index in [0.717, 1.165) is 12.1 Å². The number of furan rings is 1. The van der Waals surface area contributed by atoms with Gasteiger partial charge in [-0.15, -0.1) is 10.2 Å². The maximum absolute atomic E-state index is 12.9. The van der Waals surface area contributed by atoms with Crippen LogP contribution < -0.4 is 0 Å². The van der Waals surface area contributed by atoms with E-state index < -0.39 is 17.6 Å². The summed E-state index contributed by atoms with van der Waals surface area (Å²) in [5, 5.41) is 8.03. The summed E-state index contributed by atoms with van der Waals surface area (Å²) < 4.78 is 49.5. The summed E-state index contributed by atoms with van der Waals surface area (Å²) in [5.74, 6) is 0.823. The molecular weight excluding hydrogens is 375 g/mol. The van der Waals surface area contributed by atoms with Crippen molar-refractivity contribution in [3.05, 3.63) is 59.7 Å². The fraction of sp³-hybridized carbons (Fsp3) is 0.316. The Morgan fingerprint density at radius 3 is 2.57 bits per heavy atom. The minimum atomic E-state index is -4.48. The highest BCUT2D eigenvalue weighted by Gasteiger charge is 2.32. The van der Waals surface area contributed by atoms with Gasteiger partial charge >= 0.3 is 6.18 Å². The van der Waals surface area contributed by atoms with E-state index in [0.29, 0.717) is 43.5 Å². The molecule has 1 aromatic carbocycles. The minimum absolute atomic E-state index is 0.0122. The van der Waals surface area contributed by atoms with Crippen LogP contribution in [0, 0.1) is 0 Å². The molecule has 1 aliphatic rings. The van der Waals surface area contributed by atoms with Crippen LogP contribution in [0.25, 0.3) is 11.7 Å². The Kier molecular flexibility index (Phi) is 4.66. The molecule has 28 heavy (non-hydrogen) atoms. The number of carbonyl (C=O) groups is 1. The van der Waals surface area contributed by atoms with Gasteiger partial charge in [0, 0.05) is 24.6 Å². The number of aromatic nitrogens is 2. The molecular formula is C19H16F3N3O3. The van der Waals surface area contributed by atoms with Crippen molar-refractivity contribution in [2.75, 3.05) is 13.1 Å². The quantitative estimate of drug-likeness (QED) is 0.663. The van der Waals surface area contributed by atoms with Crippen LogP contribution in [0.1, 0.15) is 40.6 Å². The number of piperidine rings is 1. The van der Waals surface area contributed by atoms with E-state index in [2.05, 4.69) is 10.2 Å². The zero-order valence-electron chi connectivity index (χ0n) is 14.6. The van der Waals surface area contributed by atoms with E-state index in [4.69, 9.17) is 8.83 Å². The molecule has 0 radical (unpaired) electrons.